The Labute approximate surface area is 177 Å². The maximum Gasteiger partial charge on any atom is 0.317 e. The van der Waals surface area contributed by atoms with Crippen LogP contribution in [0.25, 0.3) is 0 Å². The van der Waals surface area contributed by atoms with Crippen LogP contribution in [0.15, 0.2) is 48.7 Å². The highest BCUT2D eigenvalue weighted by molar-refractivity contribution is 5.94. The van der Waals surface area contributed by atoms with Gasteiger partial charge < -0.3 is 15.1 Å². The van der Waals surface area contributed by atoms with E-state index in [1.54, 1.807) is 11.1 Å². The van der Waals surface area contributed by atoms with Crippen LogP contribution in [-0.2, 0) is 6.54 Å². The number of pyridine rings is 1. The number of benzene rings is 1. The van der Waals surface area contributed by atoms with E-state index in [9.17, 15) is 9.59 Å². The molecule has 2 aliphatic rings. The first-order chi connectivity index (χ1) is 14.6. The molecule has 7 nitrogen and oxygen atoms in total. The number of likely N-dealkylation sites (tertiary alicyclic amines) is 1. The van der Waals surface area contributed by atoms with Gasteiger partial charge in [0.2, 0.25) is 0 Å². The zero-order chi connectivity index (χ0) is 20.9. The SMILES string of the molecule is Cc1ccc(C(=O)N2CCC(NC(=O)N3CCN(Cc4ccccc4)CC3)C2)cn1. The summed E-state index contributed by atoms with van der Waals surface area (Å²) in [5.41, 5.74) is 2.79. The van der Waals surface area contributed by atoms with Crippen LogP contribution in [0, 0.1) is 6.92 Å². The molecule has 1 atom stereocenters. The van der Waals surface area contributed by atoms with Gasteiger partial charge in [0.25, 0.3) is 5.91 Å². The summed E-state index contributed by atoms with van der Waals surface area (Å²) in [6, 6.07) is 14.1. The highest BCUT2D eigenvalue weighted by Crippen LogP contribution is 2.15. The molecule has 0 bridgehead atoms. The smallest absolute Gasteiger partial charge is 0.317 e. The van der Waals surface area contributed by atoms with Crippen molar-refractivity contribution in [1.82, 2.24) is 25.0 Å². The van der Waals surface area contributed by atoms with Crippen molar-refractivity contribution >= 4 is 11.9 Å². The Hall–Kier alpha value is -2.93. The third kappa shape index (κ3) is 4.97. The standard InChI is InChI=1S/C23H29N5O2/c1-18-7-8-20(15-24-18)22(29)28-10-9-21(17-28)25-23(30)27-13-11-26(12-14-27)16-19-5-3-2-4-6-19/h2-8,15,21H,9-14,16-17H2,1H3,(H,25,30). The first-order valence-corrected chi connectivity index (χ1v) is 10.6. The largest absolute Gasteiger partial charge is 0.336 e. The van der Waals surface area contributed by atoms with Crippen LogP contribution >= 0.6 is 0 Å². The first kappa shape index (κ1) is 20.3. The van der Waals surface area contributed by atoms with Crippen LogP contribution in [0.5, 0.6) is 0 Å². The number of aryl methyl sites for hydroxylation is 1. The highest BCUT2D eigenvalue weighted by atomic mass is 16.2. The van der Waals surface area contributed by atoms with Crippen molar-refractivity contribution in [1.29, 1.82) is 0 Å². The predicted octanol–water partition coefficient (Wildman–Crippen LogP) is 2.13. The minimum absolute atomic E-state index is 0.00204. The molecule has 158 valence electrons. The third-order valence-electron chi connectivity index (χ3n) is 5.87. The molecular weight excluding hydrogens is 378 g/mol. The van der Waals surface area contributed by atoms with Crippen LogP contribution in [0.1, 0.15) is 28.0 Å². The maximum absolute atomic E-state index is 12.7. The van der Waals surface area contributed by atoms with Gasteiger partial charge in [0.15, 0.2) is 0 Å². The fourth-order valence-electron chi connectivity index (χ4n) is 4.06. The Morgan fingerprint density at radius 2 is 1.77 bits per heavy atom. The summed E-state index contributed by atoms with van der Waals surface area (Å²) in [6.07, 6.45) is 2.41. The molecule has 0 spiro atoms. The molecule has 0 radical (unpaired) electrons. The summed E-state index contributed by atoms with van der Waals surface area (Å²) >= 11 is 0. The zero-order valence-electron chi connectivity index (χ0n) is 17.5. The van der Waals surface area contributed by atoms with E-state index in [0.29, 0.717) is 18.7 Å². The van der Waals surface area contributed by atoms with Crippen LogP contribution in [0.4, 0.5) is 4.79 Å². The Balaban J connectivity index is 1.22. The van der Waals surface area contributed by atoms with E-state index in [1.165, 1.54) is 5.56 Å². The molecule has 1 N–H and O–H groups in total. The van der Waals surface area contributed by atoms with E-state index >= 15 is 0 Å². The lowest BCUT2D eigenvalue weighted by Crippen LogP contribution is -2.53. The Morgan fingerprint density at radius 1 is 1.00 bits per heavy atom. The Morgan fingerprint density at radius 3 is 2.47 bits per heavy atom. The van der Waals surface area contributed by atoms with E-state index in [-0.39, 0.29) is 18.0 Å². The maximum atomic E-state index is 12.7. The van der Waals surface area contributed by atoms with Gasteiger partial charge in [-0.25, -0.2) is 4.79 Å². The van der Waals surface area contributed by atoms with Crippen molar-refractivity contribution in [2.24, 2.45) is 0 Å². The van der Waals surface area contributed by atoms with Crippen LogP contribution in [-0.4, -0.2) is 76.9 Å². The monoisotopic (exact) mass is 407 g/mol. The van der Waals surface area contributed by atoms with E-state index in [0.717, 1.165) is 44.8 Å². The highest BCUT2D eigenvalue weighted by Gasteiger charge is 2.30. The number of hydrogen-bond acceptors (Lipinski definition) is 4. The lowest BCUT2D eigenvalue weighted by Gasteiger charge is -2.35. The van der Waals surface area contributed by atoms with Crippen molar-refractivity contribution in [2.45, 2.75) is 25.9 Å². The van der Waals surface area contributed by atoms with E-state index < -0.39 is 0 Å². The van der Waals surface area contributed by atoms with E-state index in [4.69, 9.17) is 0 Å². The molecule has 2 aliphatic heterocycles. The average molecular weight is 408 g/mol. The molecule has 30 heavy (non-hydrogen) atoms. The molecule has 4 rings (SSSR count). The van der Waals surface area contributed by atoms with Crippen molar-refractivity contribution in [3.8, 4) is 0 Å². The molecule has 1 unspecified atom stereocenters. The average Bonchev–Trinajstić information content (AvgIpc) is 3.23. The number of nitrogens with zero attached hydrogens (tertiary/aromatic N) is 4. The van der Waals surface area contributed by atoms with Crippen LogP contribution in [0.3, 0.4) is 0 Å². The summed E-state index contributed by atoms with van der Waals surface area (Å²) in [6.45, 7) is 7.22. The van der Waals surface area contributed by atoms with Crippen molar-refractivity contribution in [3.63, 3.8) is 0 Å². The minimum atomic E-state index is -0.0225. The summed E-state index contributed by atoms with van der Waals surface area (Å²) in [5.74, 6) is -0.0197. The number of piperazine rings is 1. The molecule has 1 aromatic heterocycles. The number of aromatic nitrogens is 1. The number of amides is 3. The Bertz CT molecular complexity index is 863. The number of rotatable bonds is 4. The Kier molecular flexibility index (Phi) is 6.28. The molecule has 0 aliphatic carbocycles. The van der Waals surface area contributed by atoms with Gasteiger partial charge in [-0.05, 0) is 31.0 Å². The second-order valence-electron chi connectivity index (χ2n) is 8.12. The molecule has 3 amide bonds. The number of nitrogens with one attached hydrogen (secondary N) is 1. The van der Waals surface area contributed by atoms with Crippen molar-refractivity contribution in [2.75, 3.05) is 39.3 Å². The van der Waals surface area contributed by atoms with E-state index in [2.05, 4.69) is 39.5 Å². The normalized spacial score (nSPS) is 19.7. The van der Waals surface area contributed by atoms with Crippen molar-refractivity contribution in [3.05, 3.63) is 65.5 Å². The van der Waals surface area contributed by atoms with Crippen molar-refractivity contribution < 1.29 is 9.59 Å². The summed E-state index contributed by atoms with van der Waals surface area (Å²) in [7, 11) is 0. The number of urea groups is 1. The first-order valence-electron chi connectivity index (χ1n) is 10.6. The second-order valence-corrected chi connectivity index (χ2v) is 8.12. The molecule has 3 heterocycles. The zero-order valence-corrected chi connectivity index (χ0v) is 17.5. The fraction of sp³-hybridized carbons (Fsp3) is 0.435. The molecule has 7 heteroatoms. The van der Waals surface area contributed by atoms with Gasteiger partial charge >= 0.3 is 6.03 Å². The predicted molar refractivity (Wildman–Crippen MR) is 115 cm³/mol. The summed E-state index contributed by atoms with van der Waals surface area (Å²) < 4.78 is 0. The van der Waals surface area contributed by atoms with Crippen LogP contribution < -0.4 is 5.32 Å². The molecule has 2 saturated heterocycles. The molecule has 2 fully saturated rings. The molecule has 1 aromatic carbocycles. The van der Waals surface area contributed by atoms with Gasteiger partial charge in [0.1, 0.15) is 0 Å². The van der Waals surface area contributed by atoms with Gasteiger partial charge in [0, 0.05) is 63.7 Å². The third-order valence-corrected chi connectivity index (χ3v) is 5.87. The van der Waals surface area contributed by atoms with Gasteiger partial charge in [-0.15, -0.1) is 0 Å². The molecule has 0 saturated carbocycles. The van der Waals surface area contributed by atoms with Gasteiger partial charge in [-0.2, -0.15) is 0 Å². The summed E-state index contributed by atoms with van der Waals surface area (Å²) in [4.78, 5) is 35.6. The fourth-order valence-corrected chi connectivity index (χ4v) is 4.06. The minimum Gasteiger partial charge on any atom is -0.336 e. The number of carbonyl (C=O) groups excluding carboxylic acids is 2. The molecular formula is C23H29N5O2. The van der Waals surface area contributed by atoms with Crippen LogP contribution in [0.2, 0.25) is 0 Å². The molecule has 2 aromatic rings. The van der Waals surface area contributed by atoms with Gasteiger partial charge in [0.05, 0.1) is 5.56 Å². The quantitative estimate of drug-likeness (QED) is 0.843. The van der Waals surface area contributed by atoms with E-state index in [1.807, 2.05) is 30.0 Å². The topological polar surface area (TPSA) is 68.8 Å². The van der Waals surface area contributed by atoms with Gasteiger partial charge in [-0.3, -0.25) is 14.7 Å². The number of hydrogen-bond donors (Lipinski definition) is 1. The van der Waals surface area contributed by atoms with Gasteiger partial charge in [-0.1, -0.05) is 30.3 Å². The lowest BCUT2D eigenvalue weighted by atomic mass is 10.2. The second kappa shape index (κ2) is 9.26. The summed E-state index contributed by atoms with van der Waals surface area (Å²) in [5, 5.41) is 3.12. The number of carbonyl (C=O) groups is 2. The lowest BCUT2D eigenvalue weighted by molar-refractivity contribution is 0.0787.